The first kappa shape index (κ1) is 15.0. The Hall–Kier alpha value is -2.44. The van der Waals surface area contributed by atoms with Crippen LogP contribution in [0.2, 0.25) is 0 Å². The van der Waals surface area contributed by atoms with Crippen molar-refractivity contribution in [2.45, 2.75) is 27.1 Å². The van der Waals surface area contributed by atoms with Gasteiger partial charge in [0.2, 0.25) is 0 Å². The molecule has 0 saturated carbocycles. The van der Waals surface area contributed by atoms with Gasteiger partial charge in [-0.3, -0.25) is 0 Å². The molecule has 5 nitrogen and oxygen atoms in total. The summed E-state index contributed by atoms with van der Waals surface area (Å²) < 4.78 is 33.9. The molecule has 1 aromatic heterocycles. The Morgan fingerprint density at radius 1 is 1.33 bits per heavy atom. The molecule has 21 heavy (non-hydrogen) atoms. The maximum absolute atomic E-state index is 12.2. The molecule has 0 radical (unpaired) electrons. The summed E-state index contributed by atoms with van der Waals surface area (Å²) in [4.78, 5) is 5.13. The quantitative estimate of drug-likeness (QED) is 0.605. The summed E-state index contributed by atoms with van der Waals surface area (Å²) in [5, 5.41) is 7.54. The van der Waals surface area contributed by atoms with Gasteiger partial charge in [0.05, 0.1) is 17.5 Å². The molecule has 0 aliphatic carbocycles. The number of hydrogen-bond acceptors (Lipinski definition) is 5. The summed E-state index contributed by atoms with van der Waals surface area (Å²) in [6.07, 6.45) is 1.32. The minimum Gasteiger partial charge on any atom is -0.434 e. The summed E-state index contributed by atoms with van der Waals surface area (Å²) in [7, 11) is 0. The largest absolute Gasteiger partial charge is 0.434 e. The number of alkyl halides is 2. The number of aryl methyl sites for hydroxylation is 2. The van der Waals surface area contributed by atoms with Gasteiger partial charge in [-0.25, -0.2) is 0 Å². The van der Waals surface area contributed by atoms with Gasteiger partial charge in [0, 0.05) is 5.56 Å². The highest BCUT2D eigenvalue weighted by molar-refractivity contribution is 5.83. The van der Waals surface area contributed by atoms with E-state index in [0.29, 0.717) is 11.3 Å². The Morgan fingerprint density at radius 2 is 2.10 bits per heavy atom. The highest BCUT2D eigenvalue weighted by Crippen LogP contribution is 2.18. The third-order valence-electron chi connectivity index (χ3n) is 2.79. The van der Waals surface area contributed by atoms with E-state index in [-0.39, 0.29) is 12.4 Å². The minimum absolute atomic E-state index is 0.0391. The van der Waals surface area contributed by atoms with Crippen molar-refractivity contribution in [1.82, 2.24) is 5.16 Å². The molecule has 7 heteroatoms. The monoisotopic (exact) mass is 296 g/mol. The smallest absolute Gasteiger partial charge is 0.387 e. The molecule has 112 valence electrons. The van der Waals surface area contributed by atoms with Gasteiger partial charge in [-0.05, 0) is 26.0 Å². The SMILES string of the molecule is Cc1noc(C)c1CON=Cc1ccccc1OC(F)F. The van der Waals surface area contributed by atoms with E-state index in [0.717, 1.165) is 11.3 Å². The van der Waals surface area contributed by atoms with E-state index in [1.807, 2.05) is 0 Å². The molecule has 0 atom stereocenters. The Balaban J connectivity index is 1.99. The van der Waals surface area contributed by atoms with Crippen LogP contribution in [0.25, 0.3) is 0 Å². The number of oxime groups is 1. The molecule has 1 heterocycles. The topological polar surface area (TPSA) is 56.9 Å². The molecule has 0 spiro atoms. The number of halogens is 2. The van der Waals surface area contributed by atoms with Crippen LogP contribution in [0.4, 0.5) is 8.78 Å². The number of hydrogen-bond donors (Lipinski definition) is 0. The zero-order chi connectivity index (χ0) is 15.2. The fraction of sp³-hybridized carbons (Fsp3) is 0.286. The van der Waals surface area contributed by atoms with Crippen molar-refractivity contribution in [2.24, 2.45) is 5.16 Å². The maximum atomic E-state index is 12.2. The third-order valence-corrected chi connectivity index (χ3v) is 2.79. The van der Waals surface area contributed by atoms with Gasteiger partial charge in [-0.2, -0.15) is 8.78 Å². The molecule has 0 N–H and O–H groups in total. The molecule has 0 aliphatic rings. The van der Waals surface area contributed by atoms with Gasteiger partial charge in [-0.1, -0.05) is 22.4 Å². The summed E-state index contributed by atoms with van der Waals surface area (Å²) in [5.74, 6) is 0.696. The Kier molecular flexibility index (Phi) is 4.86. The van der Waals surface area contributed by atoms with E-state index in [1.165, 1.54) is 12.3 Å². The zero-order valence-electron chi connectivity index (χ0n) is 11.5. The zero-order valence-corrected chi connectivity index (χ0v) is 11.5. The fourth-order valence-corrected chi connectivity index (χ4v) is 1.69. The van der Waals surface area contributed by atoms with Crippen molar-refractivity contribution in [2.75, 3.05) is 0 Å². The van der Waals surface area contributed by atoms with Crippen LogP contribution in [0, 0.1) is 13.8 Å². The van der Waals surface area contributed by atoms with Crippen molar-refractivity contribution < 1.29 is 22.9 Å². The molecule has 0 amide bonds. The molecule has 2 aromatic rings. The molecule has 0 unspecified atom stereocenters. The van der Waals surface area contributed by atoms with E-state index in [2.05, 4.69) is 15.0 Å². The number of nitrogens with zero attached hydrogens (tertiary/aromatic N) is 2. The molecule has 0 saturated heterocycles. The first-order chi connectivity index (χ1) is 10.1. The summed E-state index contributed by atoms with van der Waals surface area (Å²) in [5.41, 5.74) is 1.94. The molecule has 0 bridgehead atoms. The van der Waals surface area contributed by atoms with Crippen LogP contribution >= 0.6 is 0 Å². The summed E-state index contributed by atoms with van der Waals surface area (Å²) in [6.45, 7) is 0.872. The molecular formula is C14H14F2N2O3. The Bertz CT molecular complexity index is 607. The first-order valence-corrected chi connectivity index (χ1v) is 6.19. The van der Waals surface area contributed by atoms with E-state index in [1.54, 1.807) is 32.0 Å². The Morgan fingerprint density at radius 3 is 2.76 bits per heavy atom. The van der Waals surface area contributed by atoms with Crippen molar-refractivity contribution in [3.63, 3.8) is 0 Å². The van der Waals surface area contributed by atoms with Gasteiger partial charge in [0.15, 0.2) is 0 Å². The van der Waals surface area contributed by atoms with E-state index < -0.39 is 6.61 Å². The van der Waals surface area contributed by atoms with E-state index >= 15 is 0 Å². The van der Waals surface area contributed by atoms with Crippen LogP contribution in [-0.4, -0.2) is 18.0 Å². The van der Waals surface area contributed by atoms with Crippen LogP contribution in [-0.2, 0) is 11.4 Å². The number of para-hydroxylation sites is 1. The third kappa shape index (κ3) is 4.01. The summed E-state index contributed by atoms with van der Waals surface area (Å²) in [6, 6.07) is 6.32. The number of ether oxygens (including phenoxy) is 1. The standard InChI is InChI=1S/C14H14F2N2O3/c1-9-12(10(2)21-18-9)8-19-17-7-11-5-3-4-6-13(11)20-14(15)16/h3-7,14H,8H2,1-2H3. The second-order valence-corrected chi connectivity index (χ2v) is 4.23. The predicted octanol–water partition coefficient (Wildman–Crippen LogP) is 3.44. The van der Waals surface area contributed by atoms with Crippen LogP contribution < -0.4 is 4.74 Å². The summed E-state index contributed by atoms with van der Waals surface area (Å²) >= 11 is 0. The van der Waals surface area contributed by atoms with Crippen LogP contribution in [0.5, 0.6) is 5.75 Å². The predicted molar refractivity (Wildman–Crippen MR) is 71.4 cm³/mol. The lowest BCUT2D eigenvalue weighted by atomic mass is 10.2. The highest BCUT2D eigenvalue weighted by atomic mass is 19.3. The first-order valence-electron chi connectivity index (χ1n) is 6.19. The second kappa shape index (κ2) is 6.83. The molecule has 0 fully saturated rings. The van der Waals surface area contributed by atoms with Crippen LogP contribution in [0.15, 0.2) is 33.9 Å². The molecular weight excluding hydrogens is 282 g/mol. The number of benzene rings is 1. The lowest BCUT2D eigenvalue weighted by Crippen LogP contribution is -2.04. The molecule has 2 rings (SSSR count). The van der Waals surface area contributed by atoms with Crippen molar-refractivity contribution in [3.05, 3.63) is 46.8 Å². The average Bonchev–Trinajstić information content (AvgIpc) is 2.76. The van der Waals surface area contributed by atoms with Crippen LogP contribution in [0.3, 0.4) is 0 Å². The van der Waals surface area contributed by atoms with Gasteiger partial charge in [0.25, 0.3) is 0 Å². The lowest BCUT2D eigenvalue weighted by Gasteiger charge is -2.06. The number of aromatic nitrogens is 1. The van der Waals surface area contributed by atoms with E-state index in [9.17, 15) is 8.78 Å². The second-order valence-electron chi connectivity index (χ2n) is 4.23. The van der Waals surface area contributed by atoms with Crippen molar-refractivity contribution in [1.29, 1.82) is 0 Å². The van der Waals surface area contributed by atoms with Gasteiger partial charge in [0.1, 0.15) is 18.1 Å². The van der Waals surface area contributed by atoms with Crippen molar-refractivity contribution in [3.8, 4) is 5.75 Å². The van der Waals surface area contributed by atoms with Crippen LogP contribution in [0.1, 0.15) is 22.6 Å². The van der Waals surface area contributed by atoms with E-state index in [4.69, 9.17) is 9.36 Å². The molecule has 0 aliphatic heterocycles. The van der Waals surface area contributed by atoms with Gasteiger partial charge < -0.3 is 14.1 Å². The minimum atomic E-state index is -2.89. The maximum Gasteiger partial charge on any atom is 0.387 e. The molecule has 1 aromatic carbocycles. The fourth-order valence-electron chi connectivity index (χ4n) is 1.69. The average molecular weight is 296 g/mol. The lowest BCUT2D eigenvalue weighted by molar-refractivity contribution is -0.0499. The normalized spacial score (nSPS) is 11.3. The number of rotatable bonds is 6. The van der Waals surface area contributed by atoms with Crippen molar-refractivity contribution >= 4 is 6.21 Å². The van der Waals surface area contributed by atoms with Gasteiger partial charge >= 0.3 is 6.61 Å². The highest BCUT2D eigenvalue weighted by Gasteiger charge is 2.09. The Labute approximate surface area is 120 Å². The van der Waals surface area contributed by atoms with Gasteiger partial charge in [-0.15, -0.1) is 0 Å².